The fraction of sp³-hybridized carbons (Fsp3) is 0.200. The molecule has 0 amide bonds. The van der Waals surface area contributed by atoms with Crippen LogP contribution in [0.25, 0.3) is 0 Å². The summed E-state index contributed by atoms with van der Waals surface area (Å²) in [7, 11) is 0. The van der Waals surface area contributed by atoms with Gasteiger partial charge >= 0.3 is 0 Å². The second kappa shape index (κ2) is 4.84. The lowest BCUT2D eigenvalue weighted by atomic mass is 10.2. The molecule has 1 rings (SSSR count). The van der Waals surface area contributed by atoms with Gasteiger partial charge in [-0.1, -0.05) is 11.8 Å². The first-order chi connectivity index (χ1) is 6.24. The van der Waals surface area contributed by atoms with Crippen molar-refractivity contribution in [1.82, 2.24) is 0 Å². The van der Waals surface area contributed by atoms with E-state index in [4.69, 9.17) is 11.6 Å². The molecule has 0 saturated heterocycles. The summed E-state index contributed by atoms with van der Waals surface area (Å²) in [6.45, 7) is 0. The molecule has 68 valence electrons. The number of hydrogen-bond donors (Lipinski definition) is 0. The van der Waals surface area contributed by atoms with Crippen molar-refractivity contribution in [1.29, 1.82) is 0 Å². The van der Waals surface area contributed by atoms with Gasteiger partial charge in [0.1, 0.15) is 0 Å². The zero-order valence-corrected chi connectivity index (χ0v) is 7.54. The second-order valence-corrected chi connectivity index (χ2v) is 2.75. The van der Waals surface area contributed by atoms with Crippen molar-refractivity contribution < 1.29 is 8.78 Å². The van der Waals surface area contributed by atoms with Crippen LogP contribution in [-0.4, -0.2) is 5.88 Å². The molecule has 3 heteroatoms. The largest absolute Gasteiger partial charge is 0.204 e. The van der Waals surface area contributed by atoms with Gasteiger partial charge in [-0.2, -0.15) is 0 Å². The van der Waals surface area contributed by atoms with Crippen molar-refractivity contribution in [2.45, 2.75) is 6.42 Å². The molecule has 0 aliphatic rings. The van der Waals surface area contributed by atoms with Gasteiger partial charge in [0, 0.05) is 17.9 Å². The standard InChI is InChI=1S/C10H7ClF2/c11-6-2-1-3-8-4-5-9(12)10(13)7-8/h4-5,7H,2,6H2. The molecule has 0 aliphatic carbocycles. The second-order valence-electron chi connectivity index (χ2n) is 2.37. The van der Waals surface area contributed by atoms with E-state index in [1.54, 1.807) is 0 Å². The van der Waals surface area contributed by atoms with Crippen molar-refractivity contribution >= 4 is 11.6 Å². The fourth-order valence-corrected chi connectivity index (χ4v) is 0.880. The van der Waals surface area contributed by atoms with E-state index in [0.717, 1.165) is 12.1 Å². The lowest BCUT2D eigenvalue weighted by Crippen LogP contribution is -1.84. The van der Waals surface area contributed by atoms with Crippen LogP contribution in [0.5, 0.6) is 0 Å². The minimum atomic E-state index is -0.877. The highest BCUT2D eigenvalue weighted by Crippen LogP contribution is 2.07. The summed E-state index contributed by atoms with van der Waals surface area (Å²) >= 11 is 5.39. The van der Waals surface area contributed by atoms with Gasteiger partial charge in [-0.15, -0.1) is 11.6 Å². The third kappa shape index (κ3) is 3.04. The Labute approximate surface area is 80.5 Å². The maximum absolute atomic E-state index is 12.6. The van der Waals surface area contributed by atoms with E-state index in [9.17, 15) is 8.78 Å². The molecule has 13 heavy (non-hydrogen) atoms. The Morgan fingerprint density at radius 1 is 1.23 bits per heavy atom. The van der Waals surface area contributed by atoms with Gasteiger partial charge in [-0.05, 0) is 18.2 Å². The Morgan fingerprint density at radius 3 is 2.62 bits per heavy atom. The van der Waals surface area contributed by atoms with E-state index in [0.29, 0.717) is 17.9 Å². The van der Waals surface area contributed by atoms with Crippen LogP contribution in [0.15, 0.2) is 18.2 Å². The molecule has 0 heterocycles. The topological polar surface area (TPSA) is 0 Å². The molecule has 0 atom stereocenters. The number of halogens is 3. The molecule has 0 spiro atoms. The van der Waals surface area contributed by atoms with Crippen molar-refractivity contribution in [3.05, 3.63) is 35.4 Å². The predicted molar refractivity (Wildman–Crippen MR) is 48.6 cm³/mol. The van der Waals surface area contributed by atoms with Crippen molar-refractivity contribution in [3.8, 4) is 11.8 Å². The Bertz CT molecular complexity index is 350. The normalized spacial score (nSPS) is 9.15. The predicted octanol–water partition coefficient (Wildman–Crippen LogP) is 2.95. The minimum Gasteiger partial charge on any atom is -0.204 e. The van der Waals surface area contributed by atoms with Crippen molar-refractivity contribution in [2.75, 3.05) is 5.88 Å². The Hall–Kier alpha value is -1.07. The lowest BCUT2D eigenvalue weighted by molar-refractivity contribution is 0.508. The van der Waals surface area contributed by atoms with Crippen LogP contribution in [0.4, 0.5) is 8.78 Å². The summed E-state index contributed by atoms with van der Waals surface area (Å²) in [5, 5.41) is 0. The molecule has 0 bridgehead atoms. The molecular weight excluding hydrogens is 194 g/mol. The molecule has 0 unspecified atom stereocenters. The van der Waals surface area contributed by atoms with Gasteiger partial charge in [0.2, 0.25) is 0 Å². The van der Waals surface area contributed by atoms with E-state index in [1.807, 2.05) is 0 Å². The minimum absolute atomic E-state index is 0.441. The molecule has 0 nitrogen and oxygen atoms in total. The first kappa shape index (κ1) is 10.0. The van der Waals surface area contributed by atoms with E-state index in [1.165, 1.54) is 6.07 Å². The monoisotopic (exact) mass is 200 g/mol. The van der Waals surface area contributed by atoms with Crippen LogP contribution in [0.3, 0.4) is 0 Å². The van der Waals surface area contributed by atoms with E-state index in [2.05, 4.69) is 11.8 Å². The Morgan fingerprint density at radius 2 is 2.00 bits per heavy atom. The van der Waals surface area contributed by atoms with Gasteiger partial charge in [0.25, 0.3) is 0 Å². The van der Waals surface area contributed by atoms with Gasteiger partial charge < -0.3 is 0 Å². The number of benzene rings is 1. The molecule has 0 aromatic heterocycles. The average molecular weight is 201 g/mol. The molecular formula is C10H7ClF2. The Kier molecular flexibility index (Phi) is 3.72. The van der Waals surface area contributed by atoms with E-state index < -0.39 is 11.6 Å². The quantitative estimate of drug-likeness (QED) is 0.483. The van der Waals surface area contributed by atoms with Crippen molar-refractivity contribution in [3.63, 3.8) is 0 Å². The average Bonchev–Trinajstić information content (AvgIpc) is 2.12. The summed E-state index contributed by atoms with van der Waals surface area (Å²) in [6, 6.07) is 3.55. The highest BCUT2D eigenvalue weighted by molar-refractivity contribution is 6.18. The summed E-state index contributed by atoms with van der Waals surface area (Å²) in [5.74, 6) is 4.11. The zero-order valence-electron chi connectivity index (χ0n) is 6.78. The van der Waals surface area contributed by atoms with E-state index in [-0.39, 0.29) is 0 Å². The zero-order chi connectivity index (χ0) is 9.68. The highest BCUT2D eigenvalue weighted by atomic mass is 35.5. The maximum atomic E-state index is 12.6. The van der Waals surface area contributed by atoms with Gasteiger partial charge in [-0.25, -0.2) is 8.78 Å². The molecule has 0 N–H and O–H groups in total. The summed E-state index contributed by atoms with van der Waals surface area (Å²) in [6.07, 6.45) is 0.542. The third-order valence-electron chi connectivity index (χ3n) is 1.37. The molecule has 1 aromatic rings. The van der Waals surface area contributed by atoms with Crippen LogP contribution < -0.4 is 0 Å². The lowest BCUT2D eigenvalue weighted by Gasteiger charge is -1.92. The summed E-state index contributed by atoms with van der Waals surface area (Å²) in [5.41, 5.74) is 0.462. The number of rotatable bonds is 1. The fourth-order valence-electron chi connectivity index (χ4n) is 0.786. The van der Waals surface area contributed by atoms with Crippen LogP contribution >= 0.6 is 11.6 Å². The van der Waals surface area contributed by atoms with Crippen LogP contribution in [0.2, 0.25) is 0 Å². The highest BCUT2D eigenvalue weighted by Gasteiger charge is 1.99. The molecule has 1 aromatic carbocycles. The first-order valence-corrected chi connectivity index (χ1v) is 4.27. The molecule has 0 fully saturated rings. The Balaban J connectivity index is 2.81. The molecule has 0 aliphatic heterocycles. The summed E-state index contributed by atoms with van der Waals surface area (Å²) < 4.78 is 25.1. The smallest absolute Gasteiger partial charge is 0.160 e. The van der Waals surface area contributed by atoms with Crippen LogP contribution in [0.1, 0.15) is 12.0 Å². The first-order valence-electron chi connectivity index (χ1n) is 3.74. The van der Waals surface area contributed by atoms with Crippen molar-refractivity contribution in [2.24, 2.45) is 0 Å². The van der Waals surface area contributed by atoms with Gasteiger partial charge in [0.05, 0.1) is 0 Å². The molecule has 0 saturated carbocycles. The molecule has 0 radical (unpaired) electrons. The van der Waals surface area contributed by atoms with Gasteiger partial charge in [-0.3, -0.25) is 0 Å². The van der Waals surface area contributed by atoms with E-state index >= 15 is 0 Å². The summed E-state index contributed by atoms with van der Waals surface area (Å²) in [4.78, 5) is 0. The third-order valence-corrected chi connectivity index (χ3v) is 1.56. The van der Waals surface area contributed by atoms with Gasteiger partial charge in [0.15, 0.2) is 11.6 Å². The van der Waals surface area contributed by atoms with Crippen LogP contribution in [0, 0.1) is 23.5 Å². The number of alkyl halides is 1. The number of hydrogen-bond acceptors (Lipinski definition) is 0. The SMILES string of the molecule is Fc1ccc(C#CCCCl)cc1F. The maximum Gasteiger partial charge on any atom is 0.160 e. The van der Waals surface area contributed by atoms with Crippen LogP contribution in [-0.2, 0) is 0 Å².